The van der Waals surface area contributed by atoms with Crippen molar-refractivity contribution in [3.63, 3.8) is 0 Å². The molecule has 1 aromatic carbocycles. The number of imide groups is 2. The summed E-state index contributed by atoms with van der Waals surface area (Å²) in [5.41, 5.74) is 1.42. The van der Waals surface area contributed by atoms with E-state index in [1.807, 2.05) is 39.8 Å². The van der Waals surface area contributed by atoms with E-state index in [0.29, 0.717) is 5.56 Å². The molecule has 1 saturated heterocycles. The molecular formula is C16H20N2O3. The van der Waals surface area contributed by atoms with Crippen molar-refractivity contribution in [1.82, 2.24) is 10.2 Å². The number of barbiturate groups is 1. The van der Waals surface area contributed by atoms with Crippen LogP contribution in [0.15, 0.2) is 24.3 Å². The van der Waals surface area contributed by atoms with Gasteiger partial charge in [0, 0.05) is 6.54 Å². The van der Waals surface area contributed by atoms with Gasteiger partial charge in [0.2, 0.25) is 11.8 Å². The molecule has 21 heavy (non-hydrogen) atoms. The maximum Gasteiger partial charge on any atom is 0.330 e. The quantitative estimate of drug-likeness (QED) is 0.848. The van der Waals surface area contributed by atoms with E-state index in [-0.39, 0.29) is 12.0 Å². The molecule has 1 N–H and O–H groups in total. The van der Waals surface area contributed by atoms with Gasteiger partial charge in [0.05, 0.1) is 0 Å². The first-order valence-corrected chi connectivity index (χ1v) is 6.92. The lowest BCUT2D eigenvalue weighted by atomic mass is 9.91. The van der Waals surface area contributed by atoms with Gasteiger partial charge >= 0.3 is 6.03 Å². The van der Waals surface area contributed by atoms with Crippen LogP contribution in [0.25, 0.3) is 0 Å². The van der Waals surface area contributed by atoms with Crippen LogP contribution in [0.4, 0.5) is 4.79 Å². The van der Waals surface area contributed by atoms with E-state index in [1.165, 1.54) is 0 Å². The monoisotopic (exact) mass is 288 g/mol. The number of hydrogen-bond donors (Lipinski definition) is 1. The minimum atomic E-state index is -0.953. The molecule has 1 aliphatic rings. The van der Waals surface area contributed by atoms with Crippen molar-refractivity contribution in [3.05, 3.63) is 35.4 Å². The number of nitrogens with one attached hydrogen (secondary N) is 1. The lowest BCUT2D eigenvalue weighted by Gasteiger charge is -2.34. The Balaban J connectivity index is 2.33. The van der Waals surface area contributed by atoms with E-state index in [9.17, 15) is 14.4 Å². The van der Waals surface area contributed by atoms with Gasteiger partial charge in [0.15, 0.2) is 0 Å². The summed E-state index contributed by atoms with van der Waals surface area (Å²) in [6.07, 6.45) is 0. The van der Waals surface area contributed by atoms with Gasteiger partial charge in [0.25, 0.3) is 0 Å². The van der Waals surface area contributed by atoms with E-state index in [1.54, 1.807) is 12.1 Å². The Kier molecular flexibility index (Phi) is 3.85. The zero-order valence-electron chi connectivity index (χ0n) is 12.8. The van der Waals surface area contributed by atoms with Crippen molar-refractivity contribution in [2.45, 2.75) is 33.6 Å². The molecule has 1 unspecified atom stereocenters. The SMILES string of the molecule is Cc1ccc(C2C(=O)NC(=O)N(CC(C)(C)C)C2=O)cc1. The van der Waals surface area contributed by atoms with Gasteiger partial charge in [-0.15, -0.1) is 0 Å². The standard InChI is InChI=1S/C16H20N2O3/c1-10-5-7-11(8-6-10)12-13(19)17-15(21)18(14(12)20)9-16(2,3)4/h5-8,12H,9H2,1-4H3,(H,17,19,21). The fourth-order valence-electron chi connectivity index (χ4n) is 2.29. The maximum atomic E-state index is 12.6. The molecule has 112 valence electrons. The number of benzene rings is 1. The van der Waals surface area contributed by atoms with Crippen LogP contribution in [0.1, 0.15) is 37.8 Å². The van der Waals surface area contributed by atoms with Crippen molar-refractivity contribution < 1.29 is 14.4 Å². The number of amides is 4. The molecule has 5 nitrogen and oxygen atoms in total. The molecule has 0 radical (unpaired) electrons. The summed E-state index contributed by atoms with van der Waals surface area (Å²) in [5, 5.41) is 2.27. The second-order valence-corrected chi connectivity index (χ2v) is 6.62. The molecule has 0 bridgehead atoms. The van der Waals surface area contributed by atoms with E-state index < -0.39 is 23.8 Å². The number of carbonyl (C=O) groups excluding carboxylic acids is 3. The highest BCUT2D eigenvalue weighted by atomic mass is 16.2. The van der Waals surface area contributed by atoms with E-state index in [2.05, 4.69) is 5.32 Å². The number of rotatable bonds is 2. The fraction of sp³-hybridized carbons (Fsp3) is 0.438. The molecule has 0 saturated carbocycles. The van der Waals surface area contributed by atoms with Crippen LogP contribution in [0.2, 0.25) is 0 Å². The van der Waals surface area contributed by atoms with Gasteiger partial charge in [-0.25, -0.2) is 4.79 Å². The Hall–Kier alpha value is -2.17. The van der Waals surface area contributed by atoms with Gasteiger partial charge in [-0.2, -0.15) is 0 Å². The maximum absolute atomic E-state index is 12.6. The largest absolute Gasteiger partial charge is 0.330 e. The van der Waals surface area contributed by atoms with E-state index in [0.717, 1.165) is 10.5 Å². The predicted molar refractivity (Wildman–Crippen MR) is 78.6 cm³/mol. The average molecular weight is 288 g/mol. The van der Waals surface area contributed by atoms with Crippen LogP contribution in [0, 0.1) is 12.3 Å². The zero-order chi connectivity index (χ0) is 15.8. The first kappa shape index (κ1) is 15.2. The Labute approximate surface area is 124 Å². The summed E-state index contributed by atoms with van der Waals surface area (Å²) in [6.45, 7) is 8.01. The van der Waals surface area contributed by atoms with Gasteiger partial charge in [-0.05, 0) is 17.9 Å². The highest BCUT2D eigenvalue weighted by Gasteiger charge is 2.42. The Morgan fingerprint density at radius 2 is 1.67 bits per heavy atom. The van der Waals surface area contributed by atoms with Gasteiger partial charge in [-0.3, -0.25) is 19.8 Å². The Bertz CT molecular complexity index is 585. The van der Waals surface area contributed by atoms with E-state index in [4.69, 9.17) is 0 Å². The molecule has 1 aromatic rings. The molecule has 5 heteroatoms. The molecule has 2 rings (SSSR count). The van der Waals surface area contributed by atoms with Crippen molar-refractivity contribution in [2.24, 2.45) is 5.41 Å². The molecule has 0 aromatic heterocycles. The van der Waals surface area contributed by atoms with Crippen LogP contribution in [0.5, 0.6) is 0 Å². The minimum Gasteiger partial charge on any atom is -0.277 e. The van der Waals surface area contributed by atoms with Gasteiger partial charge < -0.3 is 0 Å². The normalized spacial score (nSPS) is 19.7. The number of urea groups is 1. The average Bonchev–Trinajstić information content (AvgIpc) is 2.35. The molecule has 1 heterocycles. The third-order valence-corrected chi connectivity index (χ3v) is 3.29. The van der Waals surface area contributed by atoms with Crippen LogP contribution in [-0.4, -0.2) is 29.3 Å². The second kappa shape index (κ2) is 5.31. The number of aryl methyl sites for hydroxylation is 1. The van der Waals surface area contributed by atoms with Crippen LogP contribution in [0.3, 0.4) is 0 Å². The van der Waals surface area contributed by atoms with Crippen molar-refractivity contribution in [3.8, 4) is 0 Å². The van der Waals surface area contributed by atoms with Gasteiger partial charge in [-0.1, -0.05) is 50.6 Å². The summed E-state index contributed by atoms with van der Waals surface area (Å²) < 4.78 is 0. The van der Waals surface area contributed by atoms with Crippen LogP contribution < -0.4 is 5.32 Å². The van der Waals surface area contributed by atoms with Crippen molar-refractivity contribution in [1.29, 1.82) is 0 Å². The number of carbonyl (C=O) groups is 3. The zero-order valence-corrected chi connectivity index (χ0v) is 12.8. The van der Waals surface area contributed by atoms with Crippen molar-refractivity contribution in [2.75, 3.05) is 6.54 Å². The third kappa shape index (κ3) is 3.29. The molecule has 1 fully saturated rings. The molecule has 1 atom stereocenters. The molecular weight excluding hydrogens is 268 g/mol. The summed E-state index contributed by atoms with van der Waals surface area (Å²) in [5.74, 6) is -1.97. The lowest BCUT2D eigenvalue weighted by Crippen LogP contribution is -2.58. The summed E-state index contributed by atoms with van der Waals surface area (Å²) in [4.78, 5) is 37.6. The second-order valence-electron chi connectivity index (χ2n) is 6.62. The third-order valence-electron chi connectivity index (χ3n) is 3.29. The molecule has 4 amide bonds. The smallest absolute Gasteiger partial charge is 0.277 e. The highest BCUT2D eigenvalue weighted by molar-refractivity contribution is 6.19. The molecule has 1 aliphatic heterocycles. The fourth-order valence-corrected chi connectivity index (χ4v) is 2.29. The van der Waals surface area contributed by atoms with Crippen molar-refractivity contribution >= 4 is 17.8 Å². The summed E-state index contributed by atoms with van der Waals surface area (Å²) in [7, 11) is 0. The van der Waals surface area contributed by atoms with Crippen LogP contribution >= 0.6 is 0 Å². The van der Waals surface area contributed by atoms with Crippen LogP contribution in [-0.2, 0) is 9.59 Å². The minimum absolute atomic E-state index is 0.231. The first-order chi connectivity index (χ1) is 9.69. The summed E-state index contributed by atoms with van der Waals surface area (Å²) in [6, 6.07) is 6.56. The highest BCUT2D eigenvalue weighted by Crippen LogP contribution is 2.25. The molecule has 0 aliphatic carbocycles. The topological polar surface area (TPSA) is 66.5 Å². The predicted octanol–water partition coefficient (Wildman–Crippen LogP) is 2.20. The van der Waals surface area contributed by atoms with Gasteiger partial charge in [0.1, 0.15) is 5.92 Å². The lowest BCUT2D eigenvalue weighted by molar-refractivity contribution is -0.139. The first-order valence-electron chi connectivity index (χ1n) is 6.92. The van der Waals surface area contributed by atoms with E-state index >= 15 is 0 Å². The molecule has 0 spiro atoms. The summed E-state index contributed by atoms with van der Waals surface area (Å²) >= 11 is 0. The Morgan fingerprint density at radius 3 is 2.19 bits per heavy atom. The Morgan fingerprint density at radius 1 is 1.10 bits per heavy atom. The number of nitrogens with zero attached hydrogens (tertiary/aromatic N) is 1. The number of hydrogen-bond acceptors (Lipinski definition) is 3.